The summed E-state index contributed by atoms with van der Waals surface area (Å²) in [7, 11) is 3.35. The summed E-state index contributed by atoms with van der Waals surface area (Å²) in [6, 6.07) is 6.10. The summed E-state index contributed by atoms with van der Waals surface area (Å²) in [5, 5.41) is 4.64. The van der Waals surface area contributed by atoms with Crippen LogP contribution in [0.4, 0.5) is 4.39 Å². The van der Waals surface area contributed by atoms with Crippen molar-refractivity contribution in [1.82, 2.24) is 14.7 Å². The van der Waals surface area contributed by atoms with E-state index in [4.69, 9.17) is 16.3 Å². The zero-order chi connectivity index (χ0) is 17.7. The van der Waals surface area contributed by atoms with Gasteiger partial charge in [0.1, 0.15) is 11.0 Å². The highest BCUT2D eigenvalue weighted by atomic mass is 35.5. The average Bonchev–Trinajstić information content (AvgIpc) is 2.83. The maximum atomic E-state index is 13.0. The van der Waals surface area contributed by atoms with E-state index in [0.29, 0.717) is 36.1 Å². The number of aromatic nitrogens is 2. The van der Waals surface area contributed by atoms with Gasteiger partial charge in [-0.3, -0.25) is 4.79 Å². The summed E-state index contributed by atoms with van der Waals surface area (Å²) in [4.78, 5) is 14.2. The summed E-state index contributed by atoms with van der Waals surface area (Å²) < 4.78 is 19.5. The third-order valence-electron chi connectivity index (χ3n) is 3.71. The molecule has 0 fully saturated rings. The fourth-order valence-electron chi connectivity index (χ4n) is 2.40. The van der Waals surface area contributed by atoms with Gasteiger partial charge < -0.3 is 9.64 Å². The van der Waals surface area contributed by atoms with Crippen LogP contribution in [0.15, 0.2) is 24.3 Å². The molecule has 2 aromatic rings. The molecule has 0 atom stereocenters. The van der Waals surface area contributed by atoms with Gasteiger partial charge in [-0.2, -0.15) is 5.10 Å². The van der Waals surface area contributed by atoms with Gasteiger partial charge in [0.2, 0.25) is 0 Å². The average molecular weight is 354 g/mol. The molecule has 0 saturated carbocycles. The Kier molecular flexibility index (Phi) is 6.34. The molecule has 0 aliphatic heterocycles. The third kappa shape index (κ3) is 4.33. The van der Waals surface area contributed by atoms with E-state index in [0.717, 1.165) is 12.0 Å². The van der Waals surface area contributed by atoms with Crippen molar-refractivity contribution < 1.29 is 13.9 Å². The molecule has 5 nitrogen and oxygen atoms in total. The Morgan fingerprint density at radius 1 is 1.38 bits per heavy atom. The van der Waals surface area contributed by atoms with Crippen molar-refractivity contribution in [2.24, 2.45) is 0 Å². The molecular weight excluding hydrogens is 333 g/mol. The highest BCUT2D eigenvalue weighted by Gasteiger charge is 2.23. The lowest BCUT2D eigenvalue weighted by Gasteiger charge is -2.16. The number of carbonyl (C=O) groups is 1. The van der Waals surface area contributed by atoms with E-state index in [1.807, 2.05) is 0 Å². The number of rotatable bonds is 7. The molecular formula is C17H21ClFN3O2. The lowest BCUT2D eigenvalue weighted by Crippen LogP contribution is -2.29. The number of aryl methyl sites for hydroxylation is 1. The third-order valence-corrected chi connectivity index (χ3v) is 4.10. The normalized spacial score (nSPS) is 10.9. The number of nitrogens with zero attached hydrogens (tertiary/aromatic N) is 3. The second-order valence-corrected chi connectivity index (χ2v) is 5.97. The van der Waals surface area contributed by atoms with Crippen LogP contribution in [0.3, 0.4) is 0 Å². The maximum absolute atomic E-state index is 13.0. The van der Waals surface area contributed by atoms with Gasteiger partial charge in [-0.1, -0.05) is 23.7 Å². The maximum Gasteiger partial charge on any atom is 0.258 e. The second-order valence-electron chi connectivity index (χ2n) is 5.61. The van der Waals surface area contributed by atoms with Gasteiger partial charge >= 0.3 is 0 Å². The number of halogens is 2. The van der Waals surface area contributed by atoms with Crippen LogP contribution in [-0.4, -0.2) is 47.9 Å². The Labute approximate surface area is 146 Å². The Balaban J connectivity index is 2.15. The van der Waals surface area contributed by atoms with Crippen molar-refractivity contribution in [3.05, 3.63) is 52.1 Å². The van der Waals surface area contributed by atoms with E-state index in [-0.39, 0.29) is 11.7 Å². The number of ether oxygens (including phenoxy) is 1. The van der Waals surface area contributed by atoms with E-state index in [2.05, 4.69) is 5.10 Å². The Bertz CT molecular complexity index is 701. The summed E-state index contributed by atoms with van der Waals surface area (Å²) in [6.45, 7) is 3.30. The van der Waals surface area contributed by atoms with Gasteiger partial charge in [0.05, 0.1) is 17.8 Å². The quantitative estimate of drug-likeness (QED) is 0.718. The SMILES string of the molecule is COCCCN(C)C(=O)c1c(C)nn(Cc2ccc(F)cc2)c1Cl. The molecule has 1 aromatic heterocycles. The summed E-state index contributed by atoms with van der Waals surface area (Å²) in [5.41, 5.74) is 1.83. The zero-order valence-corrected chi connectivity index (χ0v) is 14.8. The van der Waals surface area contributed by atoms with Gasteiger partial charge in [0, 0.05) is 27.3 Å². The number of carbonyl (C=O) groups excluding carboxylic acids is 1. The van der Waals surface area contributed by atoms with Gasteiger partial charge in [0.25, 0.3) is 5.91 Å². The zero-order valence-electron chi connectivity index (χ0n) is 14.1. The minimum Gasteiger partial charge on any atom is -0.385 e. The van der Waals surface area contributed by atoms with Crippen molar-refractivity contribution in [2.75, 3.05) is 27.3 Å². The van der Waals surface area contributed by atoms with Crippen molar-refractivity contribution in [2.45, 2.75) is 19.9 Å². The minimum absolute atomic E-state index is 0.168. The summed E-state index contributed by atoms with van der Waals surface area (Å²) >= 11 is 6.37. The topological polar surface area (TPSA) is 47.4 Å². The first-order valence-corrected chi connectivity index (χ1v) is 8.03. The smallest absolute Gasteiger partial charge is 0.258 e. The monoisotopic (exact) mass is 353 g/mol. The van der Waals surface area contributed by atoms with Crippen LogP contribution in [0.1, 0.15) is 28.0 Å². The van der Waals surface area contributed by atoms with Crippen molar-refractivity contribution in [1.29, 1.82) is 0 Å². The lowest BCUT2D eigenvalue weighted by atomic mass is 10.2. The number of hydrogen-bond acceptors (Lipinski definition) is 3. The number of benzene rings is 1. The molecule has 0 saturated heterocycles. The largest absolute Gasteiger partial charge is 0.385 e. The molecule has 24 heavy (non-hydrogen) atoms. The Morgan fingerprint density at radius 3 is 2.67 bits per heavy atom. The molecule has 7 heteroatoms. The predicted molar refractivity (Wildman–Crippen MR) is 90.9 cm³/mol. The van der Waals surface area contributed by atoms with E-state index in [1.54, 1.807) is 42.8 Å². The van der Waals surface area contributed by atoms with Crippen LogP contribution >= 0.6 is 11.6 Å². The van der Waals surface area contributed by atoms with E-state index >= 15 is 0 Å². The highest BCUT2D eigenvalue weighted by Crippen LogP contribution is 2.22. The summed E-state index contributed by atoms with van der Waals surface area (Å²) in [6.07, 6.45) is 0.749. The molecule has 0 radical (unpaired) electrons. The predicted octanol–water partition coefficient (Wildman–Crippen LogP) is 3.14. The number of amides is 1. The fraction of sp³-hybridized carbons (Fsp3) is 0.412. The number of hydrogen-bond donors (Lipinski definition) is 0. The molecule has 0 bridgehead atoms. The lowest BCUT2D eigenvalue weighted by molar-refractivity contribution is 0.0778. The van der Waals surface area contributed by atoms with Crippen molar-refractivity contribution >= 4 is 17.5 Å². The molecule has 0 aliphatic rings. The molecule has 130 valence electrons. The number of methoxy groups -OCH3 is 1. The van der Waals surface area contributed by atoms with Gasteiger partial charge in [-0.25, -0.2) is 9.07 Å². The van der Waals surface area contributed by atoms with Crippen LogP contribution in [0.25, 0.3) is 0 Å². The first kappa shape index (κ1) is 18.4. The summed E-state index contributed by atoms with van der Waals surface area (Å²) in [5.74, 6) is -0.464. The van der Waals surface area contributed by atoms with Gasteiger partial charge in [-0.15, -0.1) is 0 Å². The van der Waals surface area contributed by atoms with Gasteiger partial charge in [0.15, 0.2) is 0 Å². The van der Waals surface area contributed by atoms with E-state index in [9.17, 15) is 9.18 Å². The van der Waals surface area contributed by atoms with E-state index in [1.165, 1.54) is 12.1 Å². The van der Waals surface area contributed by atoms with Crippen LogP contribution in [0.2, 0.25) is 5.15 Å². The molecule has 0 unspecified atom stereocenters. The Morgan fingerprint density at radius 2 is 2.04 bits per heavy atom. The van der Waals surface area contributed by atoms with Crippen molar-refractivity contribution in [3.63, 3.8) is 0 Å². The van der Waals surface area contributed by atoms with Crippen molar-refractivity contribution in [3.8, 4) is 0 Å². The molecule has 2 rings (SSSR count). The minimum atomic E-state index is -0.296. The van der Waals surface area contributed by atoms with Crippen LogP contribution in [-0.2, 0) is 11.3 Å². The van der Waals surface area contributed by atoms with Crippen LogP contribution in [0, 0.1) is 12.7 Å². The first-order valence-electron chi connectivity index (χ1n) is 7.65. The second kappa shape index (κ2) is 8.26. The Hall–Kier alpha value is -1.92. The molecule has 1 amide bonds. The highest BCUT2D eigenvalue weighted by molar-refractivity contribution is 6.33. The molecule has 0 N–H and O–H groups in total. The van der Waals surface area contributed by atoms with Crippen LogP contribution in [0.5, 0.6) is 0 Å². The van der Waals surface area contributed by atoms with E-state index < -0.39 is 0 Å². The fourth-order valence-corrected chi connectivity index (χ4v) is 2.72. The van der Waals surface area contributed by atoms with Gasteiger partial charge in [-0.05, 0) is 31.0 Å². The molecule has 0 aliphatic carbocycles. The molecule has 1 aromatic carbocycles. The standard InChI is InChI=1S/C17H21ClFN3O2/c1-12-15(17(23)21(2)9-4-10-24-3)16(18)22(20-12)11-13-5-7-14(19)8-6-13/h5-8H,4,9-11H2,1-3H3. The van der Waals surface area contributed by atoms with Crippen LogP contribution < -0.4 is 0 Å². The molecule has 0 spiro atoms. The molecule has 1 heterocycles. The first-order chi connectivity index (χ1) is 11.4.